The summed E-state index contributed by atoms with van der Waals surface area (Å²) in [6, 6.07) is 7.71. The predicted octanol–water partition coefficient (Wildman–Crippen LogP) is 1.85. The Hall–Kier alpha value is -1.81. The molecule has 2 N–H and O–H groups in total. The van der Waals surface area contributed by atoms with Crippen molar-refractivity contribution in [3.8, 4) is 17.0 Å². The van der Waals surface area contributed by atoms with Crippen molar-refractivity contribution >= 4 is 0 Å². The van der Waals surface area contributed by atoms with E-state index in [9.17, 15) is 0 Å². The second kappa shape index (κ2) is 4.81. The van der Waals surface area contributed by atoms with Crippen molar-refractivity contribution in [2.24, 2.45) is 5.73 Å². The van der Waals surface area contributed by atoms with E-state index in [4.69, 9.17) is 14.9 Å². The Morgan fingerprint density at radius 1 is 1.31 bits per heavy atom. The number of rotatable bonds is 4. The average molecular weight is 218 g/mol. The molecule has 0 aliphatic heterocycles. The fourth-order valence-electron chi connectivity index (χ4n) is 1.56. The third kappa shape index (κ3) is 2.06. The van der Waals surface area contributed by atoms with Crippen molar-refractivity contribution in [2.75, 3.05) is 13.7 Å². The second-order valence-corrected chi connectivity index (χ2v) is 3.39. The molecule has 1 aromatic carbocycles. The first-order chi connectivity index (χ1) is 7.85. The predicted molar refractivity (Wildman–Crippen MR) is 61.2 cm³/mol. The van der Waals surface area contributed by atoms with Gasteiger partial charge in [0.2, 0.25) is 0 Å². The van der Waals surface area contributed by atoms with Crippen molar-refractivity contribution in [3.63, 3.8) is 0 Å². The SMILES string of the molecule is COc1ccc(-c2ncoc2CCN)cc1. The highest BCUT2D eigenvalue weighted by Crippen LogP contribution is 2.24. The zero-order chi connectivity index (χ0) is 11.4. The number of nitrogens with zero attached hydrogens (tertiary/aromatic N) is 1. The van der Waals surface area contributed by atoms with Gasteiger partial charge in [-0.15, -0.1) is 0 Å². The molecule has 84 valence electrons. The summed E-state index contributed by atoms with van der Waals surface area (Å²) in [5.41, 5.74) is 7.37. The summed E-state index contributed by atoms with van der Waals surface area (Å²) in [7, 11) is 1.64. The number of hydrogen-bond acceptors (Lipinski definition) is 4. The summed E-state index contributed by atoms with van der Waals surface area (Å²) in [6.07, 6.45) is 2.14. The Labute approximate surface area is 94.1 Å². The van der Waals surface area contributed by atoms with E-state index in [1.165, 1.54) is 6.39 Å². The van der Waals surface area contributed by atoms with Gasteiger partial charge >= 0.3 is 0 Å². The normalized spacial score (nSPS) is 10.4. The van der Waals surface area contributed by atoms with Crippen molar-refractivity contribution in [3.05, 3.63) is 36.4 Å². The maximum Gasteiger partial charge on any atom is 0.181 e. The van der Waals surface area contributed by atoms with Gasteiger partial charge < -0.3 is 14.9 Å². The van der Waals surface area contributed by atoms with Gasteiger partial charge in [-0.1, -0.05) is 0 Å². The molecule has 1 aromatic heterocycles. The highest BCUT2D eigenvalue weighted by atomic mass is 16.5. The summed E-state index contributed by atoms with van der Waals surface area (Å²) in [5.74, 6) is 1.65. The van der Waals surface area contributed by atoms with Gasteiger partial charge in [0.05, 0.1) is 7.11 Å². The highest BCUT2D eigenvalue weighted by Gasteiger charge is 2.09. The van der Waals surface area contributed by atoms with E-state index in [1.807, 2.05) is 24.3 Å². The Bertz CT molecular complexity index is 448. The van der Waals surface area contributed by atoms with Gasteiger partial charge in [-0.2, -0.15) is 0 Å². The van der Waals surface area contributed by atoms with Crippen molar-refractivity contribution in [1.29, 1.82) is 0 Å². The van der Waals surface area contributed by atoms with Crippen LogP contribution in [0.3, 0.4) is 0 Å². The lowest BCUT2D eigenvalue weighted by atomic mass is 10.1. The fraction of sp³-hybridized carbons (Fsp3) is 0.250. The van der Waals surface area contributed by atoms with Gasteiger partial charge in [-0.05, 0) is 30.8 Å². The first kappa shape index (κ1) is 10.7. The van der Waals surface area contributed by atoms with Crippen LogP contribution in [-0.2, 0) is 6.42 Å². The van der Waals surface area contributed by atoms with Crippen molar-refractivity contribution in [2.45, 2.75) is 6.42 Å². The van der Waals surface area contributed by atoms with Gasteiger partial charge in [-0.25, -0.2) is 4.98 Å². The van der Waals surface area contributed by atoms with E-state index < -0.39 is 0 Å². The van der Waals surface area contributed by atoms with Crippen LogP contribution in [0.25, 0.3) is 11.3 Å². The zero-order valence-electron chi connectivity index (χ0n) is 9.14. The third-order valence-electron chi connectivity index (χ3n) is 2.38. The Kier molecular flexibility index (Phi) is 3.22. The van der Waals surface area contributed by atoms with Crippen LogP contribution in [0.2, 0.25) is 0 Å². The molecular formula is C12H14N2O2. The zero-order valence-corrected chi connectivity index (χ0v) is 9.14. The van der Waals surface area contributed by atoms with Gasteiger partial charge in [-0.3, -0.25) is 0 Å². The lowest BCUT2D eigenvalue weighted by Gasteiger charge is -2.02. The molecule has 2 aromatic rings. The fourth-order valence-corrected chi connectivity index (χ4v) is 1.56. The minimum atomic E-state index is 0.554. The number of methoxy groups -OCH3 is 1. The lowest BCUT2D eigenvalue weighted by Crippen LogP contribution is -2.02. The molecule has 0 fully saturated rings. The van der Waals surface area contributed by atoms with Crippen molar-refractivity contribution < 1.29 is 9.15 Å². The Morgan fingerprint density at radius 2 is 2.06 bits per heavy atom. The van der Waals surface area contributed by atoms with Gasteiger partial charge in [0.25, 0.3) is 0 Å². The summed E-state index contributed by atoms with van der Waals surface area (Å²) in [4.78, 5) is 4.20. The minimum absolute atomic E-state index is 0.554. The molecule has 0 bridgehead atoms. The summed E-state index contributed by atoms with van der Waals surface area (Å²) < 4.78 is 10.4. The number of aromatic nitrogens is 1. The molecule has 0 atom stereocenters. The molecule has 0 unspecified atom stereocenters. The van der Waals surface area contributed by atoms with Crippen LogP contribution in [0.15, 0.2) is 35.1 Å². The second-order valence-electron chi connectivity index (χ2n) is 3.39. The van der Waals surface area contributed by atoms with Crippen LogP contribution >= 0.6 is 0 Å². The molecule has 0 saturated heterocycles. The number of benzene rings is 1. The average Bonchev–Trinajstić information content (AvgIpc) is 2.78. The highest BCUT2D eigenvalue weighted by molar-refractivity contribution is 5.61. The van der Waals surface area contributed by atoms with E-state index in [2.05, 4.69) is 4.98 Å². The first-order valence-corrected chi connectivity index (χ1v) is 5.12. The molecule has 1 heterocycles. The topological polar surface area (TPSA) is 61.3 Å². The van der Waals surface area contributed by atoms with Crippen LogP contribution in [0.4, 0.5) is 0 Å². The molecule has 0 saturated carbocycles. The lowest BCUT2D eigenvalue weighted by molar-refractivity contribution is 0.415. The molecule has 0 spiro atoms. The summed E-state index contributed by atoms with van der Waals surface area (Å²) in [6.45, 7) is 0.554. The Morgan fingerprint density at radius 3 is 2.69 bits per heavy atom. The maximum absolute atomic E-state index is 5.50. The van der Waals surface area contributed by atoms with Crippen LogP contribution < -0.4 is 10.5 Å². The van der Waals surface area contributed by atoms with Gasteiger partial charge in [0, 0.05) is 12.0 Å². The molecule has 0 amide bonds. The number of oxazole rings is 1. The molecule has 0 aliphatic rings. The van der Waals surface area contributed by atoms with Crippen LogP contribution in [-0.4, -0.2) is 18.6 Å². The quantitative estimate of drug-likeness (QED) is 0.850. The third-order valence-corrected chi connectivity index (χ3v) is 2.38. The van der Waals surface area contributed by atoms with E-state index in [0.29, 0.717) is 13.0 Å². The minimum Gasteiger partial charge on any atom is -0.497 e. The van der Waals surface area contributed by atoms with Gasteiger partial charge in [0.15, 0.2) is 6.39 Å². The number of nitrogens with two attached hydrogens (primary N) is 1. The van der Waals surface area contributed by atoms with E-state index >= 15 is 0 Å². The molecule has 2 rings (SSSR count). The Balaban J connectivity index is 2.31. The maximum atomic E-state index is 5.50. The molecule has 0 aliphatic carbocycles. The largest absolute Gasteiger partial charge is 0.497 e. The summed E-state index contributed by atoms with van der Waals surface area (Å²) in [5, 5.41) is 0. The smallest absolute Gasteiger partial charge is 0.181 e. The number of hydrogen-bond donors (Lipinski definition) is 1. The molecule has 0 radical (unpaired) electrons. The molecule has 4 nitrogen and oxygen atoms in total. The number of ether oxygens (including phenoxy) is 1. The first-order valence-electron chi connectivity index (χ1n) is 5.12. The molecule has 16 heavy (non-hydrogen) atoms. The standard InChI is InChI=1S/C12H14N2O2/c1-15-10-4-2-9(3-5-10)12-11(6-7-13)16-8-14-12/h2-5,8H,6-7,13H2,1H3. The van der Waals surface area contributed by atoms with E-state index in [-0.39, 0.29) is 0 Å². The van der Waals surface area contributed by atoms with Crippen LogP contribution in [0.1, 0.15) is 5.76 Å². The molecular weight excluding hydrogens is 204 g/mol. The summed E-state index contributed by atoms with van der Waals surface area (Å²) >= 11 is 0. The van der Waals surface area contributed by atoms with E-state index in [1.54, 1.807) is 7.11 Å². The molecule has 4 heteroatoms. The van der Waals surface area contributed by atoms with Gasteiger partial charge in [0.1, 0.15) is 17.2 Å². The monoisotopic (exact) mass is 218 g/mol. The van der Waals surface area contributed by atoms with Crippen molar-refractivity contribution in [1.82, 2.24) is 4.98 Å². The van der Waals surface area contributed by atoms with Crippen LogP contribution in [0.5, 0.6) is 5.75 Å². The van der Waals surface area contributed by atoms with Crippen LogP contribution in [0, 0.1) is 0 Å². The van der Waals surface area contributed by atoms with E-state index in [0.717, 1.165) is 22.8 Å².